The van der Waals surface area contributed by atoms with Crippen LogP contribution >= 0.6 is 12.4 Å². The SMILES string of the molecule is C[C@@H](CN)NC(=O)C1CCCN(C(=O)c2ccccc2)C1.Cl. The monoisotopic (exact) mass is 325 g/mol. The Kier molecular flexibility index (Phi) is 7.35. The van der Waals surface area contributed by atoms with Crippen LogP contribution in [0.25, 0.3) is 0 Å². The highest BCUT2D eigenvalue weighted by atomic mass is 35.5. The third kappa shape index (κ3) is 4.71. The fourth-order valence-corrected chi connectivity index (χ4v) is 2.56. The van der Waals surface area contributed by atoms with Gasteiger partial charge in [-0.1, -0.05) is 18.2 Å². The molecule has 1 heterocycles. The minimum absolute atomic E-state index is 0. The molecule has 3 N–H and O–H groups in total. The van der Waals surface area contributed by atoms with Gasteiger partial charge in [0, 0.05) is 31.2 Å². The summed E-state index contributed by atoms with van der Waals surface area (Å²) >= 11 is 0. The number of carbonyl (C=O) groups is 2. The molecule has 122 valence electrons. The Balaban J connectivity index is 0.00000242. The summed E-state index contributed by atoms with van der Waals surface area (Å²) in [7, 11) is 0. The lowest BCUT2D eigenvalue weighted by molar-refractivity contribution is -0.126. The summed E-state index contributed by atoms with van der Waals surface area (Å²) in [4.78, 5) is 26.4. The van der Waals surface area contributed by atoms with Gasteiger partial charge in [0.25, 0.3) is 5.91 Å². The molecule has 0 spiro atoms. The van der Waals surface area contributed by atoms with Crippen LogP contribution < -0.4 is 11.1 Å². The number of carbonyl (C=O) groups excluding carboxylic acids is 2. The van der Waals surface area contributed by atoms with E-state index in [0.717, 1.165) is 12.8 Å². The first-order valence-electron chi connectivity index (χ1n) is 7.46. The topological polar surface area (TPSA) is 75.4 Å². The molecule has 5 nitrogen and oxygen atoms in total. The van der Waals surface area contributed by atoms with Crippen LogP contribution in [0.15, 0.2) is 30.3 Å². The van der Waals surface area contributed by atoms with E-state index in [1.54, 1.807) is 4.90 Å². The molecule has 2 atom stereocenters. The second-order valence-corrected chi connectivity index (χ2v) is 5.60. The van der Waals surface area contributed by atoms with Gasteiger partial charge in [0.1, 0.15) is 0 Å². The lowest BCUT2D eigenvalue weighted by Crippen LogP contribution is -2.48. The highest BCUT2D eigenvalue weighted by molar-refractivity contribution is 5.94. The molecule has 0 aromatic heterocycles. The summed E-state index contributed by atoms with van der Waals surface area (Å²) in [5.74, 6) is -0.140. The van der Waals surface area contributed by atoms with E-state index < -0.39 is 0 Å². The number of hydrogen-bond donors (Lipinski definition) is 2. The Hall–Kier alpha value is -1.59. The first kappa shape index (κ1) is 18.5. The number of piperidine rings is 1. The van der Waals surface area contributed by atoms with Crippen molar-refractivity contribution in [2.45, 2.75) is 25.8 Å². The number of amides is 2. The average Bonchev–Trinajstić information content (AvgIpc) is 2.55. The quantitative estimate of drug-likeness (QED) is 0.879. The zero-order chi connectivity index (χ0) is 15.2. The molecule has 1 fully saturated rings. The Morgan fingerprint density at radius 2 is 2.05 bits per heavy atom. The van der Waals surface area contributed by atoms with Crippen LogP contribution in [-0.4, -0.2) is 42.4 Å². The number of benzene rings is 1. The number of hydrogen-bond acceptors (Lipinski definition) is 3. The maximum absolute atomic E-state index is 12.4. The Labute approximate surface area is 137 Å². The summed E-state index contributed by atoms with van der Waals surface area (Å²) < 4.78 is 0. The largest absolute Gasteiger partial charge is 0.352 e. The second-order valence-electron chi connectivity index (χ2n) is 5.60. The third-order valence-electron chi connectivity index (χ3n) is 3.84. The number of rotatable bonds is 4. The van der Waals surface area contributed by atoms with E-state index in [4.69, 9.17) is 5.73 Å². The van der Waals surface area contributed by atoms with Crippen LogP contribution in [0.4, 0.5) is 0 Å². The van der Waals surface area contributed by atoms with E-state index in [2.05, 4.69) is 5.32 Å². The minimum atomic E-state index is -0.139. The van der Waals surface area contributed by atoms with Crippen LogP contribution in [0.1, 0.15) is 30.1 Å². The van der Waals surface area contributed by atoms with Gasteiger partial charge in [-0.05, 0) is 31.9 Å². The number of likely N-dealkylation sites (tertiary alicyclic amines) is 1. The van der Waals surface area contributed by atoms with Crippen LogP contribution in [0.5, 0.6) is 0 Å². The van der Waals surface area contributed by atoms with Gasteiger partial charge in [0.2, 0.25) is 5.91 Å². The van der Waals surface area contributed by atoms with Crippen molar-refractivity contribution >= 4 is 24.2 Å². The van der Waals surface area contributed by atoms with E-state index in [-0.39, 0.29) is 36.2 Å². The number of halogens is 1. The fourth-order valence-electron chi connectivity index (χ4n) is 2.56. The van der Waals surface area contributed by atoms with Crippen LogP contribution in [0.3, 0.4) is 0 Å². The van der Waals surface area contributed by atoms with Crippen LogP contribution in [0, 0.1) is 5.92 Å². The predicted octanol–water partition coefficient (Wildman–Crippen LogP) is 1.42. The lowest BCUT2D eigenvalue weighted by atomic mass is 9.96. The molecule has 22 heavy (non-hydrogen) atoms. The lowest BCUT2D eigenvalue weighted by Gasteiger charge is -2.32. The van der Waals surface area contributed by atoms with Crippen molar-refractivity contribution in [3.05, 3.63) is 35.9 Å². The van der Waals surface area contributed by atoms with E-state index in [0.29, 0.717) is 25.2 Å². The van der Waals surface area contributed by atoms with Crippen molar-refractivity contribution in [2.75, 3.05) is 19.6 Å². The van der Waals surface area contributed by atoms with E-state index in [1.165, 1.54) is 0 Å². The van der Waals surface area contributed by atoms with Crippen molar-refractivity contribution in [3.63, 3.8) is 0 Å². The maximum Gasteiger partial charge on any atom is 0.253 e. The molecule has 1 aromatic carbocycles. The van der Waals surface area contributed by atoms with E-state index in [1.807, 2.05) is 37.3 Å². The summed E-state index contributed by atoms with van der Waals surface area (Å²) in [6.07, 6.45) is 1.68. The van der Waals surface area contributed by atoms with E-state index >= 15 is 0 Å². The molecule has 1 aliphatic heterocycles. The molecule has 0 radical (unpaired) electrons. The molecule has 1 unspecified atom stereocenters. The molecule has 0 aliphatic carbocycles. The summed E-state index contributed by atoms with van der Waals surface area (Å²) in [6.45, 7) is 3.50. The maximum atomic E-state index is 12.4. The molecule has 0 bridgehead atoms. The zero-order valence-corrected chi connectivity index (χ0v) is 13.6. The number of nitrogens with one attached hydrogen (secondary N) is 1. The van der Waals surface area contributed by atoms with Gasteiger partial charge in [-0.25, -0.2) is 0 Å². The molecule has 6 heteroatoms. The molecular weight excluding hydrogens is 302 g/mol. The molecule has 2 rings (SSSR count). The molecule has 1 saturated heterocycles. The number of nitrogens with two attached hydrogens (primary N) is 1. The molecule has 1 aliphatic rings. The summed E-state index contributed by atoms with van der Waals surface area (Å²) in [5, 5.41) is 2.90. The fraction of sp³-hybridized carbons (Fsp3) is 0.500. The van der Waals surface area contributed by atoms with Gasteiger partial charge in [0.05, 0.1) is 5.92 Å². The smallest absolute Gasteiger partial charge is 0.253 e. The first-order valence-corrected chi connectivity index (χ1v) is 7.46. The van der Waals surface area contributed by atoms with Crippen molar-refractivity contribution in [1.82, 2.24) is 10.2 Å². The normalized spacial score (nSPS) is 19.0. The zero-order valence-electron chi connectivity index (χ0n) is 12.8. The van der Waals surface area contributed by atoms with Gasteiger partial charge in [-0.3, -0.25) is 9.59 Å². The van der Waals surface area contributed by atoms with Crippen LogP contribution in [0.2, 0.25) is 0 Å². The number of nitrogens with zero attached hydrogens (tertiary/aromatic N) is 1. The van der Waals surface area contributed by atoms with Gasteiger partial charge < -0.3 is 16.0 Å². The molecular formula is C16H24ClN3O2. The third-order valence-corrected chi connectivity index (χ3v) is 3.84. The standard InChI is InChI=1S/C16H23N3O2.ClH/c1-12(10-17)18-15(20)14-8-5-9-19(11-14)16(21)13-6-3-2-4-7-13;/h2-4,6-7,12,14H,5,8-11,17H2,1H3,(H,18,20);1H/t12-,14?;/m0./s1. The Morgan fingerprint density at radius 1 is 1.36 bits per heavy atom. The highest BCUT2D eigenvalue weighted by Gasteiger charge is 2.29. The average molecular weight is 326 g/mol. The van der Waals surface area contributed by atoms with Crippen molar-refractivity contribution in [2.24, 2.45) is 11.7 Å². The highest BCUT2D eigenvalue weighted by Crippen LogP contribution is 2.19. The van der Waals surface area contributed by atoms with Crippen LogP contribution in [-0.2, 0) is 4.79 Å². The van der Waals surface area contributed by atoms with Gasteiger partial charge >= 0.3 is 0 Å². The Bertz CT molecular complexity index is 495. The van der Waals surface area contributed by atoms with E-state index in [9.17, 15) is 9.59 Å². The first-order chi connectivity index (χ1) is 10.1. The summed E-state index contributed by atoms with van der Waals surface area (Å²) in [6, 6.07) is 9.18. The van der Waals surface area contributed by atoms with Gasteiger partial charge in [0.15, 0.2) is 0 Å². The van der Waals surface area contributed by atoms with Gasteiger partial charge in [-0.15, -0.1) is 12.4 Å². The van der Waals surface area contributed by atoms with Crippen molar-refractivity contribution < 1.29 is 9.59 Å². The Morgan fingerprint density at radius 3 is 2.68 bits per heavy atom. The predicted molar refractivity (Wildman–Crippen MR) is 89.0 cm³/mol. The molecule has 0 saturated carbocycles. The second kappa shape index (κ2) is 8.76. The van der Waals surface area contributed by atoms with Crippen molar-refractivity contribution in [3.8, 4) is 0 Å². The van der Waals surface area contributed by atoms with Crippen molar-refractivity contribution in [1.29, 1.82) is 0 Å². The summed E-state index contributed by atoms with van der Waals surface area (Å²) in [5.41, 5.74) is 6.20. The molecule has 2 amide bonds. The minimum Gasteiger partial charge on any atom is -0.352 e. The molecule has 1 aromatic rings. The van der Waals surface area contributed by atoms with Gasteiger partial charge in [-0.2, -0.15) is 0 Å².